The predicted molar refractivity (Wildman–Crippen MR) is 79.0 cm³/mol. The van der Waals surface area contributed by atoms with Gasteiger partial charge in [-0.25, -0.2) is 0 Å². The lowest BCUT2D eigenvalue weighted by molar-refractivity contribution is 0.108. The molecular weight excluding hydrogens is 276 g/mol. The fourth-order valence-corrected chi connectivity index (χ4v) is 2.33. The summed E-state index contributed by atoms with van der Waals surface area (Å²) in [6, 6.07) is 13.2. The Morgan fingerprint density at radius 2 is 1.75 bits per heavy atom. The quantitative estimate of drug-likeness (QED) is 0.788. The van der Waals surface area contributed by atoms with Crippen molar-refractivity contribution in [2.45, 2.75) is 6.42 Å². The monoisotopic (exact) mass is 290 g/mol. The lowest BCUT2D eigenvalue weighted by Crippen LogP contribution is -2.04. The van der Waals surface area contributed by atoms with Gasteiger partial charge in [0.05, 0.1) is 14.2 Å². The molecule has 0 aliphatic carbocycles. The smallest absolute Gasteiger partial charge is 0.252 e. The van der Waals surface area contributed by atoms with Crippen LogP contribution >= 0.6 is 11.6 Å². The van der Waals surface area contributed by atoms with Gasteiger partial charge in [0.25, 0.3) is 5.24 Å². The number of carbonyl (C=O) groups is 1. The molecule has 0 bridgehead atoms. The van der Waals surface area contributed by atoms with Gasteiger partial charge in [-0.05, 0) is 29.3 Å². The number of ether oxygens (including phenoxy) is 2. The van der Waals surface area contributed by atoms with Crippen molar-refractivity contribution < 1.29 is 14.3 Å². The van der Waals surface area contributed by atoms with Crippen molar-refractivity contribution in [3.63, 3.8) is 0 Å². The first kappa shape index (κ1) is 14.4. The van der Waals surface area contributed by atoms with Crippen LogP contribution in [0.15, 0.2) is 42.5 Å². The summed E-state index contributed by atoms with van der Waals surface area (Å²) in [6.07, 6.45) is 0.551. The molecule has 0 aliphatic rings. The molecule has 4 heteroatoms. The number of rotatable bonds is 5. The van der Waals surface area contributed by atoms with Crippen LogP contribution in [0, 0.1) is 0 Å². The SMILES string of the molecule is COc1ccc(C(=O)Cl)c(Cc2ccccc2)c1OC. The van der Waals surface area contributed by atoms with Gasteiger partial charge >= 0.3 is 0 Å². The second-order valence-electron chi connectivity index (χ2n) is 4.26. The van der Waals surface area contributed by atoms with E-state index in [1.165, 1.54) is 0 Å². The van der Waals surface area contributed by atoms with E-state index in [4.69, 9.17) is 21.1 Å². The third-order valence-electron chi connectivity index (χ3n) is 3.08. The Bertz CT molecular complexity index is 609. The Morgan fingerprint density at radius 3 is 2.30 bits per heavy atom. The van der Waals surface area contributed by atoms with Crippen LogP contribution in [0.3, 0.4) is 0 Å². The van der Waals surface area contributed by atoms with Crippen LogP contribution in [-0.2, 0) is 6.42 Å². The van der Waals surface area contributed by atoms with Crippen molar-refractivity contribution in [1.82, 2.24) is 0 Å². The van der Waals surface area contributed by atoms with Gasteiger partial charge in [-0.3, -0.25) is 4.79 Å². The van der Waals surface area contributed by atoms with E-state index in [0.717, 1.165) is 11.1 Å². The second-order valence-corrected chi connectivity index (χ2v) is 4.61. The number of carbonyl (C=O) groups excluding carboxylic acids is 1. The number of halogens is 1. The van der Waals surface area contributed by atoms with Crippen molar-refractivity contribution in [2.24, 2.45) is 0 Å². The molecule has 0 spiro atoms. The summed E-state index contributed by atoms with van der Waals surface area (Å²) in [5, 5.41) is -0.503. The summed E-state index contributed by atoms with van der Waals surface area (Å²) < 4.78 is 10.7. The Hall–Kier alpha value is -2.00. The normalized spacial score (nSPS) is 10.2. The molecule has 0 aliphatic heterocycles. The molecule has 0 saturated heterocycles. The van der Waals surface area contributed by atoms with E-state index in [9.17, 15) is 4.79 Å². The number of hydrogen-bond acceptors (Lipinski definition) is 3. The molecule has 0 radical (unpaired) electrons. The van der Waals surface area contributed by atoms with Gasteiger partial charge in [0.15, 0.2) is 11.5 Å². The van der Waals surface area contributed by atoms with Crippen molar-refractivity contribution in [3.8, 4) is 11.5 Å². The molecular formula is C16H15ClO3. The van der Waals surface area contributed by atoms with E-state index >= 15 is 0 Å². The highest BCUT2D eigenvalue weighted by molar-refractivity contribution is 6.68. The van der Waals surface area contributed by atoms with Crippen LogP contribution in [0.25, 0.3) is 0 Å². The maximum absolute atomic E-state index is 11.6. The molecule has 0 unspecified atom stereocenters. The van der Waals surface area contributed by atoms with E-state index < -0.39 is 5.24 Å². The fraction of sp³-hybridized carbons (Fsp3) is 0.188. The Kier molecular flexibility index (Phi) is 4.64. The fourth-order valence-electron chi connectivity index (χ4n) is 2.15. The number of methoxy groups -OCH3 is 2. The molecule has 0 N–H and O–H groups in total. The summed E-state index contributed by atoms with van der Waals surface area (Å²) >= 11 is 5.66. The van der Waals surface area contributed by atoms with Gasteiger partial charge < -0.3 is 9.47 Å². The zero-order chi connectivity index (χ0) is 14.5. The minimum atomic E-state index is -0.503. The molecule has 0 amide bonds. The summed E-state index contributed by atoms with van der Waals surface area (Å²) in [5.74, 6) is 1.13. The predicted octanol–water partition coefficient (Wildman–Crippen LogP) is 3.67. The molecule has 3 nitrogen and oxygen atoms in total. The molecule has 2 aromatic rings. The maximum Gasteiger partial charge on any atom is 0.252 e. The average molecular weight is 291 g/mol. The van der Waals surface area contributed by atoms with Crippen molar-refractivity contribution in [2.75, 3.05) is 14.2 Å². The first-order valence-corrected chi connectivity index (χ1v) is 6.52. The number of hydrogen-bond donors (Lipinski definition) is 0. The standard InChI is InChI=1S/C16H15ClO3/c1-19-14-9-8-12(16(17)18)13(15(14)20-2)10-11-6-4-3-5-7-11/h3-9H,10H2,1-2H3. The summed E-state index contributed by atoms with van der Waals surface area (Å²) in [4.78, 5) is 11.6. The topological polar surface area (TPSA) is 35.5 Å². The van der Waals surface area contributed by atoms with Crippen LogP contribution in [0.2, 0.25) is 0 Å². The minimum Gasteiger partial charge on any atom is -0.493 e. The highest BCUT2D eigenvalue weighted by Crippen LogP contribution is 2.35. The van der Waals surface area contributed by atoms with Crippen LogP contribution in [-0.4, -0.2) is 19.5 Å². The van der Waals surface area contributed by atoms with Gasteiger partial charge in [-0.1, -0.05) is 30.3 Å². The number of benzene rings is 2. The van der Waals surface area contributed by atoms with E-state index in [1.54, 1.807) is 26.4 Å². The van der Waals surface area contributed by atoms with E-state index in [1.807, 2.05) is 30.3 Å². The highest BCUT2D eigenvalue weighted by Gasteiger charge is 2.18. The lowest BCUT2D eigenvalue weighted by Gasteiger charge is -2.15. The average Bonchev–Trinajstić information content (AvgIpc) is 2.47. The molecule has 0 atom stereocenters. The molecule has 0 fully saturated rings. The molecule has 2 rings (SSSR count). The second kappa shape index (κ2) is 6.44. The van der Waals surface area contributed by atoms with Crippen LogP contribution in [0.4, 0.5) is 0 Å². The van der Waals surface area contributed by atoms with E-state index in [2.05, 4.69) is 0 Å². The van der Waals surface area contributed by atoms with Gasteiger partial charge in [0.2, 0.25) is 0 Å². The van der Waals surface area contributed by atoms with Crippen LogP contribution in [0.1, 0.15) is 21.5 Å². The molecule has 0 saturated carbocycles. The zero-order valence-electron chi connectivity index (χ0n) is 11.4. The third kappa shape index (κ3) is 2.94. The lowest BCUT2D eigenvalue weighted by atomic mass is 9.98. The molecule has 0 aromatic heterocycles. The molecule has 104 valence electrons. The summed E-state index contributed by atoms with van der Waals surface area (Å²) in [6.45, 7) is 0. The van der Waals surface area contributed by atoms with E-state index in [-0.39, 0.29) is 0 Å². The van der Waals surface area contributed by atoms with E-state index in [0.29, 0.717) is 23.5 Å². The Balaban J connectivity index is 2.55. The Morgan fingerprint density at radius 1 is 1.05 bits per heavy atom. The van der Waals surface area contributed by atoms with Crippen molar-refractivity contribution in [1.29, 1.82) is 0 Å². The first-order chi connectivity index (χ1) is 9.67. The van der Waals surface area contributed by atoms with Gasteiger partial charge in [0, 0.05) is 17.5 Å². The largest absolute Gasteiger partial charge is 0.493 e. The third-order valence-corrected chi connectivity index (χ3v) is 3.29. The summed E-state index contributed by atoms with van der Waals surface area (Å²) in [5.41, 5.74) is 2.24. The molecule has 0 heterocycles. The highest BCUT2D eigenvalue weighted by atomic mass is 35.5. The van der Waals surface area contributed by atoms with Crippen LogP contribution < -0.4 is 9.47 Å². The zero-order valence-corrected chi connectivity index (χ0v) is 12.1. The Labute approximate surface area is 123 Å². The van der Waals surface area contributed by atoms with Crippen LogP contribution in [0.5, 0.6) is 11.5 Å². The minimum absolute atomic E-state index is 0.438. The first-order valence-electron chi connectivity index (χ1n) is 6.15. The van der Waals surface area contributed by atoms with Crippen molar-refractivity contribution >= 4 is 16.8 Å². The van der Waals surface area contributed by atoms with Crippen molar-refractivity contribution in [3.05, 3.63) is 59.2 Å². The van der Waals surface area contributed by atoms with Gasteiger partial charge in [-0.15, -0.1) is 0 Å². The van der Waals surface area contributed by atoms with Gasteiger partial charge in [0.1, 0.15) is 0 Å². The summed E-state index contributed by atoms with van der Waals surface area (Å²) in [7, 11) is 3.11. The molecule has 2 aromatic carbocycles. The van der Waals surface area contributed by atoms with Gasteiger partial charge in [-0.2, -0.15) is 0 Å². The maximum atomic E-state index is 11.6. The molecule has 20 heavy (non-hydrogen) atoms.